The van der Waals surface area contributed by atoms with Gasteiger partial charge in [-0.2, -0.15) is 10.1 Å². The number of aromatic nitrogens is 3. The SMILES string of the molecule is CCOc1ccc2c(c1)sc(=NC(=O)c1cc(C)nn1C(C)C)n2CC(=O)OC. The van der Waals surface area contributed by atoms with E-state index < -0.39 is 11.9 Å². The molecule has 2 heterocycles. The molecule has 29 heavy (non-hydrogen) atoms. The van der Waals surface area contributed by atoms with E-state index in [-0.39, 0.29) is 12.6 Å². The number of carbonyl (C=O) groups excluding carboxylic acids is 2. The minimum atomic E-state index is -0.421. The molecular formula is C20H24N4O4S. The number of benzene rings is 1. The van der Waals surface area contributed by atoms with Crippen molar-refractivity contribution >= 4 is 33.4 Å². The maximum Gasteiger partial charge on any atom is 0.325 e. The molecule has 0 aliphatic carbocycles. The molecule has 0 saturated carbocycles. The summed E-state index contributed by atoms with van der Waals surface area (Å²) in [5.74, 6) is -0.108. The van der Waals surface area contributed by atoms with Gasteiger partial charge in [0.2, 0.25) is 0 Å². The van der Waals surface area contributed by atoms with E-state index in [9.17, 15) is 9.59 Å². The highest BCUT2D eigenvalue weighted by Crippen LogP contribution is 2.24. The summed E-state index contributed by atoms with van der Waals surface area (Å²) in [6, 6.07) is 7.30. The molecule has 9 heteroatoms. The van der Waals surface area contributed by atoms with Crippen LogP contribution in [0.5, 0.6) is 5.75 Å². The van der Waals surface area contributed by atoms with E-state index in [2.05, 4.69) is 10.1 Å². The number of hydrogen-bond acceptors (Lipinski definition) is 6. The smallest absolute Gasteiger partial charge is 0.325 e. The number of methoxy groups -OCH3 is 1. The second-order valence-corrected chi connectivity index (χ2v) is 7.74. The van der Waals surface area contributed by atoms with Crippen LogP contribution >= 0.6 is 11.3 Å². The molecule has 8 nitrogen and oxygen atoms in total. The molecule has 1 amide bonds. The Balaban J connectivity index is 2.14. The first-order chi connectivity index (χ1) is 13.8. The zero-order chi connectivity index (χ0) is 21.1. The van der Waals surface area contributed by atoms with E-state index in [0.29, 0.717) is 17.1 Å². The largest absolute Gasteiger partial charge is 0.494 e. The van der Waals surface area contributed by atoms with E-state index in [1.165, 1.54) is 18.4 Å². The quantitative estimate of drug-likeness (QED) is 0.576. The molecular weight excluding hydrogens is 392 g/mol. The van der Waals surface area contributed by atoms with Crippen molar-refractivity contribution in [3.05, 3.63) is 40.5 Å². The summed E-state index contributed by atoms with van der Waals surface area (Å²) in [7, 11) is 1.33. The predicted molar refractivity (Wildman–Crippen MR) is 110 cm³/mol. The van der Waals surface area contributed by atoms with Gasteiger partial charge in [-0.1, -0.05) is 11.3 Å². The van der Waals surface area contributed by atoms with E-state index in [1.54, 1.807) is 15.3 Å². The molecule has 0 unspecified atom stereocenters. The predicted octanol–water partition coefficient (Wildman–Crippen LogP) is 3.10. The summed E-state index contributed by atoms with van der Waals surface area (Å²) in [6.07, 6.45) is 0. The van der Waals surface area contributed by atoms with Crippen molar-refractivity contribution in [2.45, 2.75) is 40.3 Å². The zero-order valence-electron chi connectivity index (χ0n) is 17.1. The van der Waals surface area contributed by atoms with Crippen molar-refractivity contribution in [1.29, 1.82) is 0 Å². The maximum atomic E-state index is 12.9. The number of fused-ring (bicyclic) bond motifs is 1. The van der Waals surface area contributed by atoms with Gasteiger partial charge in [-0.25, -0.2) is 0 Å². The molecule has 0 fully saturated rings. The van der Waals surface area contributed by atoms with Gasteiger partial charge in [0.25, 0.3) is 5.91 Å². The van der Waals surface area contributed by atoms with Gasteiger partial charge in [0, 0.05) is 6.04 Å². The van der Waals surface area contributed by atoms with Crippen molar-refractivity contribution < 1.29 is 19.1 Å². The first-order valence-electron chi connectivity index (χ1n) is 9.32. The monoisotopic (exact) mass is 416 g/mol. The average molecular weight is 417 g/mol. The highest BCUT2D eigenvalue weighted by atomic mass is 32.1. The molecule has 0 spiro atoms. The number of nitrogens with zero attached hydrogens (tertiary/aromatic N) is 4. The Morgan fingerprint density at radius 2 is 2.03 bits per heavy atom. The van der Waals surface area contributed by atoms with Gasteiger partial charge in [-0.05, 0) is 52.0 Å². The van der Waals surface area contributed by atoms with E-state index in [1.807, 2.05) is 45.9 Å². The minimum absolute atomic E-state index is 0.0243. The Morgan fingerprint density at radius 3 is 2.69 bits per heavy atom. The highest BCUT2D eigenvalue weighted by Gasteiger charge is 2.17. The number of aryl methyl sites for hydroxylation is 1. The maximum absolute atomic E-state index is 12.9. The van der Waals surface area contributed by atoms with Gasteiger partial charge < -0.3 is 14.0 Å². The molecule has 0 atom stereocenters. The molecule has 3 rings (SSSR count). The number of thiazole rings is 1. The molecule has 154 valence electrons. The van der Waals surface area contributed by atoms with Crippen molar-refractivity contribution in [2.75, 3.05) is 13.7 Å². The van der Waals surface area contributed by atoms with Gasteiger partial charge in [-0.15, -0.1) is 0 Å². The van der Waals surface area contributed by atoms with Crippen LogP contribution in [-0.2, 0) is 16.1 Å². The first-order valence-corrected chi connectivity index (χ1v) is 10.1. The van der Waals surface area contributed by atoms with Crippen molar-refractivity contribution in [1.82, 2.24) is 14.3 Å². The van der Waals surface area contributed by atoms with Gasteiger partial charge in [0.1, 0.15) is 18.0 Å². The number of hydrogen-bond donors (Lipinski definition) is 0. The third-order valence-electron chi connectivity index (χ3n) is 4.24. The Bertz CT molecular complexity index is 1120. The van der Waals surface area contributed by atoms with Crippen LogP contribution in [0.1, 0.15) is 43.0 Å². The number of ether oxygens (including phenoxy) is 2. The molecule has 0 aliphatic heterocycles. The number of carbonyl (C=O) groups is 2. The van der Waals surface area contributed by atoms with E-state index >= 15 is 0 Å². The summed E-state index contributed by atoms with van der Waals surface area (Å²) in [5.41, 5.74) is 1.94. The van der Waals surface area contributed by atoms with Crippen molar-refractivity contribution in [3.8, 4) is 5.75 Å². The Kier molecular flexibility index (Phi) is 6.17. The van der Waals surface area contributed by atoms with Gasteiger partial charge in [0.05, 0.1) is 29.6 Å². The van der Waals surface area contributed by atoms with Crippen LogP contribution in [0.25, 0.3) is 10.2 Å². The fourth-order valence-corrected chi connectivity index (χ4v) is 4.01. The lowest BCUT2D eigenvalue weighted by molar-refractivity contribution is -0.141. The van der Waals surface area contributed by atoms with Gasteiger partial charge in [-0.3, -0.25) is 14.3 Å². The minimum Gasteiger partial charge on any atom is -0.494 e. The molecule has 0 aliphatic rings. The lowest BCUT2D eigenvalue weighted by Crippen LogP contribution is -2.23. The summed E-state index contributed by atoms with van der Waals surface area (Å²) >= 11 is 1.32. The Hall–Kier alpha value is -2.94. The van der Waals surface area contributed by atoms with Crippen molar-refractivity contribution in [2.24, 2.45) is 4.99 Å². The van der Waals surface area contributed by atoms with Crippen LogP contribution in [0.2, 0.25) is 0 Å². The average Bonchev–Trinajstić information content (AvgIpc) is 3.22. The third-order valence-corrected chi connectivity index (χ3v) is 5.28. The number of rotatable bonds is 6. The fraction of sp³-hybridized carbons (Fsp3) is 0.400. The molecule has 0 bridgehead atoms. The molecule has 0 saturated heterocycles. The zero-order valence-corrected chi connectivity index (χ0v) is 17.9. The second-order valence-electron chi connectivity index (χ2n) is 6.74. The summed E-state index contributed by atoms with van der Waals surface area (Å²) in [4.78, 5) is 29.6. The van der Waals surface area contributed by atoms with Crippen LogP contribution in [0, 0.1) is 6.92 Å². The molecule has 2 aromatic heterocycles. The van der Waals surface area contributed by atoms with Crippen LogP contribution in [0.3, 0.4) is 0 Å². The summed E-state index contributed by atoms with van der Waals surface area (Å²) in [6.45, 7) is 8.16. The second kappa shape index (κ2) is 8.60. The van der Waals surface area contributed by atoms with Gasteiger partial charge >= 0.3 is 5.97 Å². The fourth-order valence-electron chi connectivity index (χ4n) is 2.96. The lowest BCUT2D eigenvalue weighted by atomic mass is 10.3. The van der Waals surface area contributed by atoms with Crippen LogP contribution in [0.4, 0.5) is 0 Å². The summed E-state index contributed by atoms with van der Waals surface area (Å²) in [5, 5.41) is 4.37. The van der Waals surface area contributed by atoms with Crippen LogP contribution < -0.4 is 9.54 Å². The molecule has 0 radical (unpaired) electrons. The number of amides is 1. The summed E-state index contributed by atoms with van der Waals surface area (Å²) < 4.78 is 14.6. The number of esters is 1. The molecule has 3 aromatic rings. The highest BCUT2D eigenvalue weighted by molar-refractivity contribution is 7.16. The van der Waals surface area contributed by atoms with Crippen LogP contribution in [0.15, 0.2) is 29.3 Å². The van der Waals surface area contributed by atoms with E-state index in [0.717, 1.165) is 21.7 Å². The topological polar surface area (TPSA) is 87.7 Å². The molecule has 1 aromatic carbocycles. The van der Waals surface area contributed by atoms with Crippen LogP contribution in [-0.4, -0.2) is 39.9 Å². The Morgan fingerprint density at radius 1 is 1.28 bits per heavy atom. The van der Waals surface area contributed by atoms with Crippen molar-refractivity contribution in [3.63, 3.8) is 0 Å². The first kappa shape index (κ1) is 20.8. The molecule has 0 N–H and O–H groups in total. The van der Waals surface area contributed by atoms with Gasteiger partial charge in [0.15, 0.2) is 4.80 Å². The lowest BCUT2D eigenvalue weighted by Gasteiger charge is -2.08. The van der Waals surface area contributed by atoms with E-state index in [4.69, 9.17) is 9.47 Å². The normalized spacial score (nSPS) is 12.0. The standard InChI is InChI=1S/C20H24N4O4S/c1-6-28-14-7-8-15-17(10-14)29-20(23(15)11-18(25)27-5)21-19(26)16-9-13(4)22-24(16)12(2)3/h7-10,12H,6,11H2,1-5H3. The Labute approximate surface area is 172 Å². The third kappa shape index (κ3) is 4.40.